The molecule has 0 aliphatic carbocycles. The molecule has 1 aromatic heterocycles. The molecule has 6 nitrogen and oxygen atoms in total. The second-order valence-corrected chi connectivity index (χ2v) is 7.84. The number of amides is 1. The average molecular weight is 354 g/mol. The lowest BCUT2D eigenvalue weighted by Crippen LogP contribution is -2.41. The number of H-pyrrole nitrogens is 1. The molecule has 0 saturated carbocycles. The van der Waals surface area contributed by atoms with Gasteiger partial charge in [-0.2, -0.15) is 5.10 Å². The minimum absolute atomic E-state index is 0.0918. The molecule has 6 rings (SSSR count). The first-order chi connectivity index (χ1) is 12.8. The van der Waals surface area contributed by atoms with E-state index < -0.39 is 0 Å². The highest BCUT2D eigenvalue weighted by molar-refractivity contribution is 6.05. The summed E-state index contributed by atoms with van der Waals surface area (Å²) in [6, 6.07) is 6.79. The van der Waals surface area contributed by atoms with Gasteiger partial charge in [0.25, 0.3) is 5.91 Å². The largest absolute Gasteiger partial charge is 0.381 e. The highest BCUT2D eigenvalue weighted by Gasteiger charge is 2.33. The zero-order chi connectivity index (χ0) is 17.5. The number of rotatable bonds is 2. The Morgan fingerprint density at radius 1 is 1.08 bits per heavy atom. The van der Waals surface area contributed by atoms with Crippen LogP contribution in [0.4, 0.5) is 0 Å². The molecule has 4 fully saturated rings. The minimum Gasteiger partial charge on any atom is -0.381 e. The van der Waals surface area contributed by atoms with E-state index in [0.29, 0.717) is 17.7 Å². The van der Waals surface area contributed by atoms with Gasteiger partial charge in [0.2, 0.25) is 0 Å². The van der Waals surface area contributed by atoms with Gasteiger partial charge in [-0.25, -0.2) is 0 Å². The molecule has 2 aromatic rings. The molecule has 0 atom stereocenters. The van der Waals surface area contributed by atoms with Crippen molar-refractivity contribution in [2.24, 2.45) is 0 Å². The predicted octanol–water partition coefficient (Wildman–Crippen LogP) is 2.38. The maximum atomic E-state index is 13.3. The van der Waals surface area contributed by atoms with Crippen LogP contribution in [0.25, 0.3) is 10.9 Å². The number of nitrogens with zero attached hydrogens (tertiary/aromatic N) is 3. The number of benzene rings is 1. The van der Waals surface area contributed by atoms with E-state index in [4.69, 9.17) is 4.74 Å². The van der Waals surface area contributed by atoms with E-state index in [-0.39, 0.29) is 5.91 Å². The van der Waals surface area contributed by atoms with Crippen molar-refractivity contribution in [1.29, 1.82) is 0 Å². The molecular formula is C20H26N4O2. The van der Waals surface area contributed by atoms with Gasteiger partial charge in [-0.3, -0.25) is 9.89 Å². The van der Waals surface area contributed by atoms with Gasteiger partial charge in [-0.1, -0.05) is 6.07 Å². The van der Waals surface area contributed by atoms with Crippen LogP contribution in [0.5, 0.6) is 0 Å². The number of piperidine rings is 1. The van der Waals surface area contributed by atoms with E-state index in [9.17, 15) is 4.79 Å². The van der Waals surface area contributed by atoms with Crippen LogP contribution in [-0.2, 0) is 4.74 Å². The second kappa shape index (κ2) is 6.67. The van der Waals surface area contributed by atoms with Crippen LogP contribution < -0.4 is 0 Å². The van der Waals surface area contributed by atoms with Crippen LogP contribution in [0.15, 0.2) is 18.2 Å². The SMILES string of the molecule is O=C(c1n[nH]c2ccc(C3CCOCC3)cc12)N1CCN2CCC1CC2. The van der Waals surface area contributed by atoms with Gasteiger partial charge in [0.1, 0.15) is 0 Å². The van der Waals surface area contributed by atoms with Crippen molar-refractivity contribution in [3.05, 3.63) is 29.5 Å². The van der Waals surface area contributed by atoms with Crippen molar-refractivity contribution in [3.63, 3.8) is 0 Å². The summed E-state index contributed by atoms with van der Waals surface area (Å²) in [4.78, 5) is 17.8. The summed E-state index contributed by atoms with van der Waals surface area (Å²) in [6.07, 6.45) is 4.27. The van der Waals surface area contributed by atoms with Crippen molar-refractivity contribution >= 4 is 16.8 Å². The summed E-state index contributed by atoms with van der Waals surface area (Å²) in [5.74, 6) is 0.613. The van der Waals surface area contributed by atoms with Gasteiger partial charge < -0.3 is 14.5 Å². The summed E-state index contributed by atoms with van der Waals surface area (Å²) >= 11 is 0. The summed E-state index contributed by atoms with van der Waals surface area (Å²) in [6.45, 7) is 5.68. The topological polar surface area (TPSA) is 61.5 Å². The summed E-state index contributed by atoms with van der Waals surface area (Å²) in [5, 5.41) is 8.45. The fourth-order valence-electron chi connectivity index (χ4n) is 4.77. The van der Waals surface area contributed by atoms with E-state index in [1.165, 1.54) is 5.56 Å². The Labute approximate surface area is 153 Å². The molecule has 26 heavy (non-hydrogen) atoms. The first-order valence-corrected chi connectivity index (χ1v) is 9.89. The van der Waals surface area contributed by atoms with Gasteiger partial charge in [0.15, 0.2) is 5.69 Å². The van der Waals surface area contributed by atoms with Crippen molar-refractivity contribution in [2.45, 2.75) is 37.6 Å². The van der Waals surface area contributed by atoms with Crippen molar-refractivity contribution in [2.75, 3.05) is 39.4 Å². The van der Waals surface area contributed by atoms with Crippen LogP contribution in [0.3, 0.4) is 0 Å². The Bertz CT molecular complexity index is 803. The first kappa shape index (κ1) is 16.3. The van der Waals surface area contributed by atoms with Gasteiger partial charge in [-0.15, -0.1) is 0 Å². The summed E-state index contributed by atoms with van der Waals surface area (Å²) in [7, 11) is 0. The van der Waals surface area contributed by atoms with Crippen LogP contribution in [-0.4, -0.2) is 71.3 Å². The first-order valence-electron chi connectivity index (χ1n) is 9.89. The lowest BCUT2D eigenvalue weighted by molar-refractivity contribution is 0.0680. The highest BCUT2D eigenvalue weighted by atomic mass is 16.5. The predicted molar refractivity (Wildman–Crippen MR) is 99.4 cm³/mol. The molecule has 0 unspecified atom stereocenters. The normalized spacial score (nSPS) is 27.0. The molecule has 1 amide bonds. The molecule has 4 saturated heterocycles. The molecule has 6 heteroatoms. The van der Waals surface area contributed by atoms with Crippen molar-refractivity contribution in [1.82, 2.24) is 20.0 Å². The molecule has 0 spiro atoms. The molecule has 5 heterocycles. The second-order valence-electron chi connectivity index (χ2n) is 7.84. The zero-order valence-electron chi connectivity index (χ0n) is 15.1. The fourth-order valence-corrected chi connectivity index (χ4v) is 4.77. The van der Waals surface area contributed by atoms with Gasteiger partial charge in [-0.05, 0) is 49.3 Å². The van der Waals surface area contributed by atoms with Crippen LogP contribution in [0, 0.1) is 0 Å². The number of ether oxygens (including phenoxy) is 1. The fraction of sp³-hybridized carbons (Fsp3) is 0.600. The van der Waals surface area contributed by atoms with E-state index >= 15 is 0 Å². The molecule has 4 aliphatic rings. The molecular weight excluding hydrogens is 328 g/mol. The Balaban J connectivity index is 1.47. The van der Waals surface area contributed by atoms with Crippen LogP contribution in [0.1, 0.15) is 47.7 Å². The number of hydrogen-bond acceptors (Lipinski definition) is 4. The summed E-state index contributed by atoms with van der Waals surface area (Å²) in [5.41, 5.74) is 2.85. The monoisotopic (exact) mass is 354 g/mol. The molecule has 4 aliphatic heterocycles. The number of fused-ring (bicyclic) bond motifs is 5. The number of aromatic amines is 1. The number of carbonyl (C=O) groups is 1. The molecule has 2 bridgehead atoms. The van der Waals surface area contributed by atoms with E-state index in [1.807, 2.05) is 0 Å². The minimum atomic E-state index is 0.0918. The highest BCUT2D eigenvalue weighted by Crippen LogP contribution is 2.31. The van der Waals surface area contributed by atoms with Crippen LogP contribution in [0.2, 0.25) is 0 Å². The Morgan fingerprint density at radius 2 is 1.88 bits per heavy atom. The van der Waals surface area contributed by atoms with Crippen molar-refractivity contribution in [3.8, 4) is 0 Å². The number of nitrogens with one attached hydrogen (secondary N) is 1. The van der Waals surface area contributed by atoms with E-state index in [1.54, 1.807) is 0 Å². The molecule has 1 N–H and O–H groups in total. The lowest BCUT2D eigenvalue weighted by Gasteiger charge is -2.31. The maximum absolute atomic E-state index is 13.3. The van der Waals surface area contributed by atoms with Crippen molar-refractivity contribution < 1.29 is 9.53 Å². The Hall–Kier alpha value is -1.92. The zero-order valence-corrected chi connectivity index (χ0v) is 15.1. The van der Waals surface area contributed by atoms with Gasteiger partial charge >= 0.3 is 0 Å². The lowest BCUT2D eigenvalue weighted by atomic mass is 9.91. The molecule has 0 radical (unpaired) electrons. The third-order valence-electron chi connectivity index (χ3n) is 6.40. The smallest absolute Gasteiger partial charge is 0.275 e. The van der Waals surface area contributed by atoms with Gasteiger partial charge in [0, 0.05) is 50.8 Å². The third kappa shape index (κ3) is 2.81. The van der Waals surface area contributed by atoms with Gasteiger partial charge in [0.05, 0.1) is 5.52 Å². The molecule has 138 valence electrons. The number of carbonyl (C=O) groups excluding carboxylic acids is 1. The average Bonchev–Trinajstić information content (AvgIpc) is 2.88. The van der Waals surface area contributed by atoms with Crippen LogP contribution >= 0.6 is 0 Å². The van der Waals surface area contributed by atoms with E-state index in [0.717, 1.165) is 76.0 Å². The number of aromatic nitrogens is 2. The quantitative estimate of drug-likeness (QED) is 0.899. The standard InChI is InChI=1S/C20H26N4O2/c25-20(24-10-9-23-7-3-16(24)4-8-23)19-17-13-15(1-2-18(17)21-22-19)14-5-11-26-12-6-14/h1-2,13-14,16H,3-12H2,(H,21,22). The summed E-state index contributed by atoms with van der Waals surface area (Å²) < 4.78 is 5.49. The Morgan fingerprint density at radius 3 is 2.69 bits per heavy atom. The maximum Gasteiger partial charge on any atom is 0.275 e. The third-order valence-corrected chi connectivity index (χ3v) is 6.40. The number of hydrogen-bond donors (Lipinski definition) is 1. The molecule has 1 aromatic carbocycles. The van der Waals surface area contributed by atoms with E-state index in [2.05, 4.69) is 38.2 Å². The Kier molecular flexibility index (Phi) is 4.17.